The molecule has 16 heavy (non-hydrogen) atoms. The van der Waals surface area contributed by atoms with Crippen LogP contribution in [0.2, 0.25) is 0 Å². The SMILES string of the molecule is CC(C)(C)c1noc(-c2ccc(C#N)[nH]2)n1. The van der Waals surface area contributed by atoms with Crippen molar-refractivity contribution in [3.8, 4) is 17.7 Å². The van der Waals surface area contributed by atoms with Crippen LogP contribution in [0.4, 0.5) is 0 Å². The van der Waals surface area contributed by atoms with E-state index < -0.39 is 0 Å². The molecule has 0 aliphatic heterocycles. The first-order chi connectivity index (χ1) is 7.50. The largest absolute Gasteiger partial charge is 0.342 e. The molecule has 82 valence electrons. The highest BCUT2D eigenvalue weighted by molar-refractivity contribution is 5.49. The van der Waals surface area contributed by atoms with Crippen molar-refractivity contribution in [1.29, 1.82) is 5.26 Å². The van der Waals surface area contributed by atoms with Crippen LogP contribution in [0.3, 0.4) is 0 Å². The fourth-order valence-corrected chi connectivity index (χ4v) is 1.22. The summed E-state index contributed by atoms with van der Waals surface area (Å²) in [7, 11) is 0. The molecule has 0 saturated carbocycles. The Morgan fingerprint density at radius 3 is 2.62 bits per heavy atom. The number of hydrogen-bond acceptors (Lipinski definition) is 4. The van der Waals surface area contributed by atoms with E-state index in [0.29, 0.717) is 23.1 Å². The maximum absolute atomic E-state index is 8.68. The normalized spacial score (nSPS) is 11.4. The minimum Gasteiger partial charge on any atom is -0.342 e. The predicted molar refractivity (Wildman–Crippen MR) is 57.5 cm³/mol. The second-order valence-electron chi connectivity index (χ2n) is 4.57. The van der Waals surface area contributed by atoms with Crippen LogP contribution in [0, 0.1) is 11.3 Å². The van der Waals surface area contributed by atoms with Gasteiger partial charge in [0.05, 0.1) is 0 Å². The van der Waals surface area contributed by atoms with Gasteiger partial charge >= 0.3 is 0 Å². The lowest BCUT2D eigenvalue weighted by molar-refractivity contribution is 0.401. The molecule has 0 aliphatic rings. The van der Waals surface area contributed by atoms with Crippen molar-refractivity contribution in [3.63, 3.8) is 0 Å². The van der Waals surface area contributed by atoms with Crippen LogP contribution in [0.5, 0.6) is 0 Å². The zero-order valence-corrected chi connectivity index (χ0v) is 9.40. The highest BCUT2D eigenvalue weighted by atomic mass is 16.5. The molecular formula is C11H12N4O. The number of nitriles is 1. The average Bonchev–Trinajstić information content (AvgIpc) is 2.85. The van der Waals surface area contributed by atoms with Gasteiger partial charge in [0.25, 0.3) is 5.89 Å². The minimum absolute atomic E-state index is 0.146. The molecule has 1 N–H and O–H groups in total. The van der Waals surface area contributed by atoms with Crippen molar-refractivity contribution >= 4 is 0 Å². The van der Waals surface area contributed by atoms with E-state index >= 15 is 0 Å². The van der Waals surface area contributed by atoms with Crippen LogP contribution in [-0.2, 0) is 5.41 Å². The molecule has 2 aromatic heterocycles. The first-order valence-corrected chi connectivity index (χ1v) is 4.94. The van der Waals surface area contributed by atoms with Crippen molar-refractivity contribution in [3.05, 3.63) is 23.7 Å². The van der Waals surface area contributed by atoms with Gasteiger partial charge in [0, 0.05) is 5.41 Å². The molecule has 0 bridgehead atoms. The Morgan fingerprint density at radius 2 is 2.12 bits per heavy atom. The minimum atomic E-state index is -0.146. The Bertz CT molecular complexity index is 539. The Hall–Kier alpha value is -2.09. The maximum atomic E-state index is 8.68. The van der Waals surface area contributed by atoms with Gasteiger partial charge < -0.3 is 9.51 Å². The van der Waals surface area contributed by atoms with E-state index in [2.05, 4.69) is 15.1 Å². The average molecular weight is 216 g/mol. The zero-order valence-electron chi connectivity index (χ0n) is 9.40. The summed E-state index contributed by atoms with van der Waals surface area (Å²) in [6.45, 7) is 6.03. The maximum Gasteiger partial charge on any atom is 0.274 e. The molecule has 0 fully saturated rings. The first-order valence-electron chi connectivity index (χ1n) is 4.94. The van der Waals surface area contributed by atoms with Crippen molar-refractivity contribution < 1.29 is 4.52 Å². The summed E-state index contributed by atoms with van der Waals surface area (Å²) in [6.07, 6.45) is 0. The van der Waals surface area contributed by atoms with Gasteiger partial charge in [-0.15, -0.1) is 0 Å². The number of nitrogens with zero attached hydrogens (tertiary/aromatic N) is 3. The van der Waals surface area contributed by atoms with E-state index in [0.717, 1.165) is 0 Å². The molecule has 0 aromatic carbocycles. The monoisotopic (exact) mass is 216 g/mol. The van der Waals surface area contributed by atoms with Crippen molar-refractivity contribution in [1.82, 2.24) is 15.1 Å². The molecule has 5 heteroatoms. The lowest BCUT2D eigenvalue weighted by atomic mass is 9.96. The molecule has 0 unspecified atom stereocenters. The van der Waals surface area contributed by atoms with Crippen LogP contribution in [0.15, 0.2) is 16.7 Å². The number of hydrogen-bond donors (Lipinski definition) is 1. The third-order valence-electron chi connectivity index (χ3n) is 2.13. The number of nitrogens with one attached hydrogen (secondary N) is 1. The fourth-order valence-electron chi connectivity index (χ4n) is 1.22. The molecule has 5 nitrogen and oxygen atoms in total. The van der Waals surface area contributed by atoms with E-state index in [1.807, 2.05) is 26.8 Å². The number of H-pyrrole nitrogens is 1. The van der Waals surface area contributed by atoms with Gasteiger partial charge in [0.15, 0.2) is 5.82 Å². The van der Waals surface area contributed by atoms with Crippen molar-refractivity contribution in [2.75, 3.05) is 0 Å². The van der Waals surface area contributed by atoms with Crippen LogP contribution in [0.1, 0.15) is 32.3 Å². The zero-order chi connectivity index (χ0) is 11.8. The first kappa shape index (κ1) is 10.4. The van der Waals surface area contributed by atoms with Gasteiger partial charge in [-0.05, 0) is 12.1 Å². The van der Waals surface area contributed by atoms with Crippen molar-refractivity contribution in [2.24, 2.45) is 0 Å². The lowest BCUT2D eigenvalue weighted by Crippen LogP contribution is -2.13. The van der Waals surface area contributed by atoms with E-state index in [9.17, 15) is 0 Å². The lowest BCUT2D eigenvalue weighted by Gasteiger charge is -2.10. The second kappa shape index (κ2) is 3.49. The van der Waals surface area contributed by atoms with Gasteiger partial charge in [-0.3, -0.25) is 0 Å². The fraction of sp³-hybridized carbons (Fsp3) is 0.364. The molecule has 0 amide bonds. The molecule has 2 rings (SSSR count). The molecule has 0 saturated heterocycles. The quantitative estimate of drug-likeness (QED) is 0.792. The summed E-state index contributed by atoms with van der Waals surface area (Å²) in [5.41, 5.74) is 0.997. The van der Waals surface area contributed by atoms with Crippen molar-refractivity contribution in [2.45, 2.75) is 26.2 Å². The summed E-state index contributed by atoms with van der Waals surface area (Å²) in [4.78, 5) is 7.17. The van der Waals surface area contributed by atoms with Crippen LogP contribution in [-0.4, -0.2) is 15.1 Å². The Balaban J connectivity index is 2.36. The third kappa shape index (κ3) is 1.82. The highest BCUT2D eigenvalue weighted by Gasteiger charge is 2.21. The number of rotatable bonds is 1. The van der Waals surface area contributed by atoms with Crippen LogP contribution < -0.4 is 0 Å². The van der Waals surface area contributed by atoms with E-state index in [4.69, 9.17) is 9.78 Å². The van der Waals surface area contributed by atoms with E-state index in [1.54, 1.807) is 12.1 Å². The summed E-state index contributed by atoms with van der Waals surface area (Å²) in [5, 5.41) is 12.6. The molecule has 0 radical (unpaired) electrons. The summed E-state index contributed by atoms with van der Waals surface area (Å²) in [5.74, 6) is 1.06. The smallest absolute Gasteiger partial charge is 0.274 e. The molecule has 2 aromatic rings. The van der Waals surface area contributed by atoms with E-state index in [-0.39, 0.29) is 5.41 Å². The van der Waals surface area contributed by atoms with Crippen LogP contribution in [0.25, 0.3) is 11.6 Å². The third-order valence-corrected chi connectivity index (χ3v) is 2.13. The Kier molecular flexibility index (Phi) is 2.27. The number of aromatic amines is 1. The molecule has 0 atom stereocenters. The van der Waals surface area contributed by atoms with Gasteiger partial charge in [0.2, 0.25) is 0 Å². The summed E-state index contributed by atoms with van der Waals surface area (Å²) in [6, 6.07) is 5.43. The van der Waals surface area contributed by atoms with Gasteiger partial charge in [-0.1, -0.05) is 25.9 Å². The second-order valence-corrected chi connectivity index (χ2v) is 4.57. The van der Waals surface area contributed by atoms with Gasteiger partial charge in [0.1, 0.15) is 17.5 Å². The Morgan fingerprint density at radius 1 is 1.38 bits per heavy atom. The highest BCUT2D eigenvalue weighted by Crippen LogP contribution is 2.22. The molecule has 0 aliphatic carbocycles. The topological polar surface area (TPSA) is 78.5 Å². The standard InChI is InChI=1S/C11H12N4O/c1-11(2,3)10-14-9(16-15-10)8-5-4-7(6-12)13-8/h4-5,13H,1-3H3. The molecule has 0 spiro atoms. The van der Waals surface area contributed by atoms with Crippen LogP contribution >= 0.6 is 0 Å². The van der Waals surface area contributed by atoms with Gasteiger partial charge in [-0.2, -0.15) is 10.2 Å². The van der Waals surface area contributed by atoms with E-state index in [1.165, 1.54) is 0 Å². The number of aromatic nitrogens is 3. The predicted octanol–water partition coefficient (Wildman–Crippen LogP) is 2.23. The molecular weight excluding hydrogens is 204 g/mol. The summed E-state index contributed by atoms with van der Waals surface area (Å²) >= 11 is 0. The van der Waals surface area contributed by atoms with Gasteiger partial charge in [-0.25, -0.2) is 0 Å². The summed E-state index contributed by atoms with van der Waals surface area (Å²) < 4.78 is 5.13. The Labute approximate surface area is 93.1 Å². The molecule has 2 heterocycles.